The van der Waals surface area contributed by atoms with Gasteiger partial charge in [-0.05, 0) is 14.1 Å². The van der Waals surface area contributed by atoms with E-state index in [9.17, 15) is 5.11 Å². The van der Waals surface area contributed by atoms with Crippen LogP contribution in [0.2, 0.25) is 0 Å². The van der Waals surface area contributed by atoms with Crippen molar-refractivity contribution < 1.29 is 9.84 Å². The number of likely N-dealkylation sites (N-methyl/N-ethyl adjacent to an activating group) is 1. The first-order chi connectivity index (χ1) is 5.59. The van der Waals surface area contributed by atoms with E-state index in [0.717, 1.165) is 0 Å². The summed E-state index contributed by atoms with van der Waals surface area (Å²) in [4.78, 5) is 6.10. The molecule has 0 amide bonds. The van der Waals surface area contributed by atoms with Gasteiger partial charge in [0.25, 0.3) is 0 Å². The zero-order chi connectivity index (χ0) is 9.14. The van der Waals surface area contributed by atoms with Crippen LogP contribution in [0.1, 0.15) is 6.92 Å². The third-order valence-corrected chi connectivity index (χ3v) is 1.81. The normalized spacial score (nSPS) is 25.4. The van der Waals surface area contributed by atoms with E-state index < -0.39 is 6.10 Å². The summed E-state index contributed by atoms with van der Waals surface area (Å²) in [5.74, 6) is 0.679. The maximum atomic E-state index is 9.61. The molecule has 2 atom stereocenters. The average molecular weight is 172 g/mol. The molecule has 1 rings (SSSR count). The topological polar surface area (TPSA) is 45.1 Å². The molecule has 0 aromatic heterocycles. The molecule has 4 heteroatoms. The molecular formula is C8H16N2O2. The van der Waals surface area contributed by atoms with Gasteiger partial charge in [-0.1, -0.05) is 0 Å². The molecule has 0 saturated heterocycles. The largest absolute Gasteiger partial charge is 0.479 e. The summed E-state index contributed by atoms with van der Waals surface area (Å²) in [6.07, 6.45) is -0.419. The lowest BCUT2D eigenvalue weighted by molar-refractivity contribution is 0.1000. The van der Waals surface area contributed by atoms with Crippen LogP contribution in [0.15, 0.2) is 4.99 Å². The van der Waals surface area contributed by atoms with Crippen molar-refractivity contribution in [3.63, 3.8) is 0 Å². The Morgan fingerprint density at radius 1 is 1.75 bits per heavy atom. The van der Waals surface area contributed by atoms with E-state index in [-0.39, 0.29) is 6.04 Å². The standard InChI is InChI=1S/C8H16N2O2/c1-6-9-7(5-12-6)8(11)4-10(2)3/h7-8,11H,4-5H2,1-3H3. The van der Waals surface area contributed by atoms with Gasteiger partial charge < -0.3 is 14.7 Å². The Balaban J connectivity index is 2.38. The molecule has 1 heterocycles. The van der Waals surface area contributed by atoms with Crippen molar-refractivity contribution in [2.75, 3.05) is 27.2 Å². The monoisotopic (exact) mass is 172 g/mol. The number of rotatable bonds is 3. The van der Waals surface area contributed by atoms with Gasteiger partial charge in [-0.25, -0.2) is 4.99 Å². The SMILES string of the molecule is CC1=NC(C(O)CN(C)C)CO1. The maximum Gasteiger partial charge on any atom is 0.180 e. The van der Waals surface area contributed by atoms with Crippen molar-refractivity contribution in [2.24, 2.45) is 4.99 Å². The number of aliphatic imine (C=N–C) groups is 1. The van der Waals surface area contributed by atoms with Crippen molar-refractivity contribution in [2.45, 2.75) is 19.1 Å². The Morgan fingerprint density at radius 2 is 2.42 bits per heavy atom. The van der Waals surface area contributed by atoms with Gasteiger partial charge in [0.15, 0.2) is 5.90 Å². The van der Waals surface area contributed by atoms with Crippen LogP contribution in [0.5, 0.6) is 0 Å². The van der Waals surface area contributed by atoms with Crippen LogP contribution < -0.4 is 0 Å². The highest BCUT2D eigenvalue weighted by atomic mass is 16.5. The van der Waals surface area contributed by atoms with Gasteiger partial charge in [-0.15, -0.1) is 0 Å². The van der Waals surface area contributed by atoms with Gasteiger partial charge >= 0.3 is 0 Å². The molecule has 0 aliphatic carbocycles. The number of ether oxygens (including phenoxy) is 1. The lowest BCUT2D eigenvalue weighted by Crippen LogP contribution is -2.35. The third-order valence-electron chi connectivity index (χ3n) is 1.81. The van der Waals surface area contributed by atoms with E-state index in [2.05, 4.69) is 4.99 Å². The molecule has 1 aliphatic rings. The summed E-state index contributed by atoms with van der Waals surface area (Å²) in [5, 5.41) is 9.61. The van der Waals surface area contributed by atoms with Crippen molar-refractivity contribution in [3.05, 3.63) is 0 Å². The Kier molecular flexibility index (Phi) is 3.05. The molecule has 0 spiro atoms. The van der Waals surface area contributed by atoms with E-state index >= 15 is 0 Å². The molecular weight excluding hydrogens is 156 g/mol. The zero-order valence-electron chi connectivity index (χ0n) is 7.82. The van der Waals surface area contributed by atoms with Gasteiger partial charge in [0, 0.05) is 13.5 Å². The Labute approximate surface area is 72.9 Å². The van der Waals surface area contributed by atoms with Crippen LogP contribution in [0.25, 0.3) is 0 Å². The summed E-state index contributed by atoms with van der Waals surface area (Å²) in [6.45, 7) is 2.95. The molecule has 12 heavy (non-hydrogen) atoms. The molecule has 0 bridgehead atoms. The smallest absolute Gasteiger partial charge is 0.180 e. The second kappa shape index (κ2) is 3.87. The molecule has 1 N–H and O–H groups in total. The Bertz CT molecular complexity index is 180. The van der Waals surface area contributed by atoms with Crippen molar-refractivity contribution in [1.29, 1.82) is 0 Å². The highest BCUT2D eigenvalue weighted by Gasteiger charge is 2.24. The zero-order valence-corrected chi connectivity index (χ0v) is 7.82. The van der Waals surface area contributed by atoms with Crippen molar-refractivity contribution in [3.8, 4) is 0 Å². The number of hydrogen-bond donors (Lipinski definition) is 1. The first-order valence-electron chi connectivity index (χ1n) is 4.09. The molecule has 0 aromatic rings. The Morgan fingerprint density at radius 3 is 2.83 bits per heavy atom. The molecule has 1 aliphatic heterocycles. The molecule has 0 saturated carbocycles. The predicted molar refractivity (Wildman–Crippen MR) is 47.4 cm³/mol. The van der Waals surface area contributed by atoms with Gasteiger partial charge in [0.1, 0.15) is 12.6 Å². The van der Waals surface area contributed by atoms with E-state index in [0.29, 0.717) is 19.0 Å². The number of aliphatic hydroxyl groups excluding tert-OH is 1. The minimum atomic E-state index is -0.419. The van der Waals surface area contributed by atoms with E-state index in [1.54, 1.807) is 0 Å². The summed E-state index contributed by atoms with van der Waals surface area (Å²) in [6, 6.07) is -0.0765. The van der Waals surface area contributed by atoms with Crippen LogP contribution in [-0.2, 0) is 4.74 Å². The number of nitrogens with zero attached hydrogens (tertiary/aromatic N) is 2. The molecule has 2 unspecified atom stereocenters. The fourth-order valence-electron chi connectivity index (χ4n) is 1.21. The predicted octanol–water partition coefficient (Wildman–Crippen LogP) is -0.274. The van der Waals surface area contributed by atoms with Gasteiger partial charge in [0.2, 0.25) is 0 Å². The van der Waals surface area contributed by atoms with Crippen LogP contribution in [-0.4, -0.2) is 55.3 Å². The highest BCUT2D eigenvalue weighted by molar-refractivity contribution is 5.74. The minimum absolute atomic E-state index is 0.0765. The van der Waals surface area contributed by atoms with Crippen molar-refractivity contribution in [1.82, 2.24) is 4.90 Å². The lowest BCUT2D eigenvalue weighted by atomic mass is 10.2. The number of hydrogen-bond acceptors (Lipinski definition) is 4. The first-order valence-corrected chi connectivity index (χ1v) is 4.09. The quantitative estimate of drug-likeness (QED) is 0.637. The van der Waals surface area contributed by atoms with E-state index in [4.69, 9.17) is 4.74 Å². The average Bonchev–Trinajstić information content (AvgIpc) is 2.34. The summed E-state index contributed by atoms with van der Waals surface area (Å²) in [5.41, 5.74) is 0. The second-order valence-electron chi connectivity index (χ2n) is 3.36. The minimum Gasteiger partial charge on any atom is -0.479 e. The third kappa shape index (κ3) is 2.46. The first kappa shape index (κ1) is 9.48. The van der Waals surface area contributed by atoms with E-state index in [1.165, 1.54) is 0 Å². The molecule has 70 valence electrons. The molecule has 0 fully saturated rings. The van der Waals surface area contributed by atoms with Crippen LogP contribution in [0.3, 0.4) is 0 Å². The molecule has 0 aromatic carbocycles. The summed E-state index contributed by atoms with van der Waals surface area (Å²) >= 11 is 0. The fourth-order valence-corrected chi connectivity index (χ4v) is 1.21. The molecule has 4 nitrogen and oxygen atoms in total. The van der Waals surface area contributed by atoms with Crippen LogP contribution >= 0.6 is 0 Å². The van der Waals surface area contributed by atoms with E-state index in [1.807, 2.05) is 25.9 Å². The van der Waals surface area contributed by atoms with Crippen LogP contribution in [0, 0.1) is 0 Å². The maximum absolute atomic E-state index is 9.61. The summed E-state index contributed by atoms with van der Waals surface area (Å²) < 4.78 is 5.14. The van der Waals surface area contributed by atoms with Gasteiger partial charge in [-0.2, -0.15) is 0 Å². The highest BCUT2D eigenvalue weighted by Crippen LogP contribution is 2.08. The fraction of sp³-hybridized carbons (Fsp3) is 0.875. The molecule has 0 radical (unpaired) electrons. The van der Waals surface area contributed by atoms with Gasteiger partial charge in [-0.3, -0.25) is 0 Å². The van der Waals surface area contributed by atoms with Crippen molar-refractivity contribution >= 4 is 5.90 Å². The van der Waals surface area contributed by atoms with Gasteiger partial charge in [0.05, 0.1) is 6.10 Å². The number of aliphatic hydroxyl groups is 1. The lowest BCUT2D eigenvalue weighted by Gasteiger charge is -2.18. The van der Waals surface area contributed by atoms with Crippen LogP contribution in [0.4, 0.5) is 0 Å². The Hall–Kier alpha value is -0.610. The second-order valence-corrected chi connectivity index (χ2v) is 3.36. The summed E-state index contributed by atoms with van der Waals surface area (Å²) in [7, 11) is 3.85.